The lowest BCUT2D eigenvalue weighted by atomic mass is 10.1. The molecule has 2 aromatic rings. The molecule has 2 rings (SSSR count). The van der Waals surface area contributed by atoms with Crippen LogP contribution in [0.1, 0.15) is 45.7 Å². The van der Waals surface area contributed by atoms with Crippen molar-refractivity contribution in [3.05, 3.63) is 47.5 Å². The van der Waals surface area contributed by atoms with E-state index in [0.717, 1.165) is 0 Å². The predicted molar refractivity (Wildman–Crippen MR) is 150 cm³/mol. The minimum Gasteiger partial charge on any atom is -0.360 e. The zero-order valence-electron chi connectivity index (χ0n) is 21.0. The maximum atomic E-state index is 13.1. The number of benzene rings is 2. The van der Waals surface area contributed by atoms with Crippen LogP contribution < -0.4 is 20.7 Å². The summed E-state index contributed by atoms with van der Waals surface area (Å²) in [6, 6.07) is 8.95. The fraction of sp³-hybridized carbons (Fsp3) is 0.292. The molecule has 1 unspecified atom stereocenters. The number of hydrogen-bond acceptors (Lipinski definition) is 6. The minimum atomic E-state index is -4.28. The van der Waals surface area contributed by atoms with Crippen LogP contribution in [-0.2, 0) is 30.7 Å². The van der Waals surface area contributed by atoms with Crippen molar-refractivity contribution < 1.29 is 26.8 Å². The fourth-order valence-electron chi connectivity index (χ4n) is 3.00. The Hall–Kier alpha value is -3.13. The van der Waals surface area contributed by atoms with Crippen LogP contribution in [0.4, 0.5) is 11.4 Å². The Bertz CT molecular complexity index is 1350. The van der Waals surface area contributed by atoms with E-state index in [1.165, 1.54) is 43.3 Å². The second-order valence-corrected chi connectivity index (χ2v) is 11.6. The Labute approximate surface area is 224 Å². The van der Waals surface area contributed by atoms with Gasteiger partial charge in [0.2, 0.25) is 11.8 Å². The van der Waals surface area contributed by atoms with E-state index in [2.05, 4.69) is 20.7 Å². The Morgan fingerprint density at radius 2 is 1.54 bits per heavy atom. The first-order chi connectivity index (χ1) is 17.2. The number of sulfonamides is 1. The number of nitrogens with one attached hydrogen (secondary N) is 4. The topological polar surface area (TPSA) is 154 Å². The standard InChI is InChI=1S/C24H30N4O6S3/c1-14(2)23(30)28-37(33,34)22-13-20(27-24(35)25-15(3)4)11-9-18(22)7-6-17-8-10-19(26-16(5)29)12-21(17)36(31)32/h6-15H,1-5H3,(H,26,29)(H,28,30)(H,31,32)(H2,25,27,35)/b7-6+. The number of thiocarbonyl (C=S) groups is 1. The molecule has 0 aromatic heterocycles. The molecule has 2 amide bonds. The van der Waals surface area contributed by atoms with Crippen LogP contribution in [-0.4, -0.2) is 40.1 Å². The lowest BCUT2D eigenvalue weighted by Crippen LogP contribution is -2.35. The summed E-state index contributed by atoms with van der Waals surface area (Å²) in [5, 5.41) is 8.75. The number of rotatable bonds is 9. The highest BCUT2D eigenvalue weighted by molar-refractivity contribution is 7.90. The molecule has 0 saturated carbocycles. The van der Waals surface area contributed by atoms with Gasteiger partial charge in [-0.25, -0.2) is 17.3 Å². The SMILES string of the molecule is CC(=O)Nc1ccc(/C=C/c2ccc(NC(=S)NC(C)C)cc2S(=O)(=O)NC(=O)C(C)C)c(S(=O)O)c1. The summed E-state index contributed by atoms with van der Waals surface area (Å²) in [6.45, 7) is 8.25. The van der Waals surface area contributed by atoms with Crippen LogP contribution in [0.2, 0.25) is 0 Å². The third-order valence-corrected chi connectivity index (χ3v) is 7.06. The summed E-state index contributed by atoms with van der Waals surface area (Å²) in [5.74, 6) is -1.58. The van der Waals surface area contributed by atoms with E-state index in [1.807, 2.05) is 13.8 Å². The van der Waals surface area contributed by atoms with Crippen LogP contribution in [0, 0.1) is 5.92 Å². The van der Waals surface area contributed by atoms with E-state index in [1.54, 1.807) is 26.0 Å². The summed E-state index contributed by atoms with van der Waals surface area (Å²) >= 11 is 2.86. The third kappa shape index (κ3) is 9.04. The van der Waals surface area contributed by atoms with Gasteiger partial charge in [0, 0.05) is 30.3 Å². The number of carbonyl (C=O) groups is 2. The normalized spacial score (nSPS) is 12.4. The molecule has 200 valence electrons. The molecule has 13 heteroatoms. The molecule has 5 N–H and O–H groups in total. The maximum absolute atomic E-state index is 13.1. The summed E-state index contributed by atoms with van der Waals surface area (Å²) in [4.78, 5) is 23.3. The largest absolute Gasteiger partial charge is 0.360 e. The molecule has 10 nitrogen and oxygen atoms in total. The van der Waals surface area contributed by atoms with Gasteiger partial charge in [-0.15, -0.1) is 0 Å². The molecule has 1 atom stereocenters. The summed E-state index contributed by atoms with van der Waals surface area (Å²) in [6.07, 6.45) is 2.92. The molecule has 0 radical (unpaired) electrons. The van der Waals surface area contributed by atoms with Gasteiger partial charge in [0.05, 0.1) is 9.79 Å². The van der Waals surface area contributed by atoms with E-state index < -0.39 is 32.9 Å². The molecular formula is C24H30N4O6S3. The van der Waals surface area contributed by atoms with Crippen molar-refractivity contribution in [3.63, 3.8) is 0 Å². The van der Waals surface area contributed by atoms with E-state index in [-0.39, 0.29) is 27.3 Å². The summed E-state index contributed by atoms with van der Waals surface area (Å²) in [5.41, 5.74) is 1.26. The van der Waals surface area contributed by atoms with Crippen molar-refractivity contribution in [1.29, 1.82) is 0 Å². The van der Waals surface area contributed by atoms with Crippen LogP contribution in [0.3, 0.4) is 0 Å². The molecule has 0 bridgehead atoms. The van der Waals surface area contributed by atoms with Crippen LogP contribution in [0.15, 0.2) is 46.2 Å². The Kier molecular flexibility index (Phi) is 10.5. The van der Waals surface area contributed by atoms with Gasteiger partial charge in [-0.1, -0.05) is 38.1 Å². The average Bonchev–Trinajstić information content (AvgIpc) is 2.77. The van der Waals surface area contributed by atoms with Gasteiger partial charge in [0.1, 0.15) is 0 Å². The molecule has 0 aliphatic heterocycles. The van der Waals surface area contributed by atoms with Gasteiger partial charge in [-0.2, -0.15) is 0 Å². The number of hydrogen-bond donors (Lipinski definition) is 5. The van der Waals surface area contributed by atoms with Crippen molar-refractivity contribution in [2.24, 2.45) is 5.92 Å². The van der Waals surface area contributed by atoms with Crippen molar-refractivity contribution in [3.8, 4) is 0 Å². The fourth-order valence-corrected chi connectivity index (χ4v) is 5.26. The van der Waals surface area contributed by atoms with E-state index in [9.17, 15) is 26.8 Å². The van der Waals surface area contributed by atoms with Gasteiger partial charge in [0.15, 0.2) is 16.2 Å². The van der Waals surface area contributed by atoms with Gasteiger partial charge < -0.3 is 20.5 Å². The molecule has 0 aliphatic rings. The first-order valence-corrected chi connectivity index (χ1v) is 14.2. The highest BCUT2D eigenvalue weighted by Crippen LogP contribution is 2.26. The highest BCUT2D eigenvalue weighted by Gasteiger charge is 2.23. The lowest BCUT2D eigenvalue weighted by Gasteiger charge is -2.16. The first-order valence-electron chi connectivity index (χ1n) is 11.2. The molecule has 2 aromatic carbocycles. The number of amides is 2. The molecule has 0 saturated heterocycles. The van der Waals surface area contributed by atoms with E-state index >= 15 is 0 Å². The Morgan fingerprint density at radius 1 is 0.973 bits per heavy atom. The van der Waals surface area contributed by atoms with Crippen LogP contribution in [0.25, 0.3) is 12.2 Å². The molecule has 37 heavy (non-hydrogen) atoms. The van der Waals surface area contributed by atoms with Gasteiger partial charge in [-0.05, 0) is 61.5 Å². The van der Waals surface area contributed by atoms with Gasteiger partial charge in [0.25, 0.3) is 10.0 Å². The van der Waals surface area contributed by atoms with Crippen molar-refractivity contribution in [2.75, 3.05) is 10.6 Å². The minimum absolute atomic E-state index is 0.0170. The van der Waals surface area contributed by atoms with Gasteiger partial charge in [-0.3, -0.25) is 9.59 Å². The van der Waals surface area contributed by atoms with E-state index in [4.69, 9.17) is 12.2 Å². The summed E-state index contributed by atoms with van der Waals surface area (Å²) < 4.78 is 50.0. The monoisotopic (exact) mass is 566 g/mol. The maximum Gasteiger partial charge on any atom is 0.264 e. The first kappa shape index (κ1) is 30.1. The highest BCUT2D eigenvalue weighted by atomic mass is 32.2. The smallest absolute Gasteiger partial charge is 0.264 e. The van der Waals surface area contributed by atoms with Crippen molar-refractivity contribution in [1.82, 2.24) is 10.0 Å². The zero-order chi connectivity index (χ0) is 27.9. The zero-order valence-corrected chi connectivity index (χ0v) is 23.4. The Balaban J connectivity index is 2.55. The van der Waals surface area contributed by atoms with Crippen LogP contribution in [0.5, 0.6) is 0 Å². The molecule has 0 fully saturated rings. The Morgan fingerprint density at radius 3 is 2.08 bits per heavy atom. The van der Waals surface area contributed by atoms with E-state index in [0.29, 0.717) is 22.1 Å². The molecular weight excluding hydrogens is 536 g/mol. The average molecular weight is 567 g/mol. The number of anilines is 2. The molecule has 0 heterocycles. The van der Waals surface area contributed by atoms with Crippen molar-refractivity contribution >= 4 is 73.8 Å². The second-order valence-electron chi connectivity index (χ2n) is 8.65. The van der Waals surface area contributed by atoms with Gasteiger partial charge >= 0.3 is 0 Å². The second kappa shape index (κ2) is 12.9. The predicted octanol–water partition coefficient (Wildman–Crippen LogP) is 3.55. The molecule has 0 spiro atoms. The molecule has 0 aliphatic carbocycles. The third-order valence-electron chi connectivity index (χ3n) is 4.70. The van der Waals surface area contributed by atoms with Crippen LogP contribution >= 0.6 is 12.2 Å². The van der Waals surface area contributed by atoms with Crippen molar-refractivity contribution in [2.45, 2.75) is 50.5 Å². The number of carbonyl (C=O) groups excluding carboxylic acids is 2. The lowest BCUT2D eigenvalue weighted by molar-refractivity contribution is -0.122. The summed E-state index contributed by atoms with van der Waals surface area (Å²) in [7, 11) is -4.28. The quantitative estimate of drug-likeness (QED) is 0.174.